The van der Waals surface area contributed by atoms with E-state index in [9.17, 15) is 14.4 Å². The lowest BCUT2D eigenvalue weighted by Crippen LogP contribution is -2.23. The molecule has 0 bridgehead atoms. The van der Waals surface area contributed by atoms with Gasteiger partial charge in [0.15, 0.2) is 0 Å². The molecule has 0 rings (SSSR count). The lowest BCUT2D eigenvalue weighted by molar-refractivity contribution is -0.156. The molecule has 7 heteroatoms. The molecule has 0 saturated carbocycles. The van der Waals surface area contributed by atoms with Crippen molar-refractivity contribution in [2.75, 3.05) is 20.6 Å². The fourth-order valence-electron chi connectivity index (χ4n) is 7.11. The molecule has 0 amide bonds. The number of esters is 3. The van der Waals surface area contributed by atoms with E-state index in [1.54, 1.807) is 0 Å². The quantitative estimate of drug-likeness (QED) is 0.0264. The van der Waals surface area contributed by atoms with Crippen molar-refractivity contribution < 1.29 is 28.6 Å². The molecule has 0 aliphatic rings. The first kappa shape index (κ1) is 55.9. The van der Waals surface area contributed by atoms with Gasteiger partial charge in [-0.2, -0.15) is 0 Å². The molecule has 0 fully saturated rings. The Balaban J connectivity index is 3.95. The highest BCUT2D eigenvalue weighted by molar-refractivity contribution is 5.70. The van der Waals surface area contributed by atoms with Crippen LogP contribution in [0.2, 0.25) is 0 Å². The number of allylic oxidation sites excluding steroid dienone is 4. The van der Waals surface area contributed by atoms with E-state index in [1.165, 1.54) is 116 Å². The lowest BCUT2D eigenvalue weighted by Gasteiger charge is -2.19. The average Bonchev–Trinajstić information content (AvgIpc) is 3.12. The Morgan fingerprint density at radius 2 is 0.707 bits per heavy atom. The molecule has 58 heavy (non-hydrogen) atoms. The summed E-state index contributed by atoms with van der Waals surface area (Å²) in [4.78, 5) is 38.3. The molecule has 0 aliphatic carbocycles. The number of hydrogen-bond donors (Lipinski definition) is 0. The fraction of sp³-hybridized carbons (Fsp3) is 0.863. The van der Waals surface area contributed by atoms with Gasteiger partial charge in [0, 0.05) is 19.3 Å². The monoisotopic (exact) mass is 818 g/mol. The van der Waals surface area contributed by atoms with Gasteiger partial charge in [0.05, 0.1) is 0 Å². The van der Waals surface area contributed by atoms with Crippen LogP contribution in [0.1, 0.15) is 247 Å². The molecular weight excluding hydrogens is 723 g/mol. The first-order valence-electron chi connectivity index (χ1n) is 24.3. The molecule has 0 aromatic rings. The molecule has 7 nitrogen and oxygen atoms in total. The van der Waals surface area contributed by atoms with Gasteiger partial charge in [-0.25, -0.2) is 0 Å². The molecule has 0 unspecified atom stereocenters. The van der Waals surface area contributed by atoms with E-state index in [2.05, 4.69) is 43.3 Å². The smallest absolute Gasteiger partial charge is 0.306 e. The Labute approximate surface area is 359 Å². The van der Waals surface area contributed by atoms with Crippen molar-refractivity contribution in [1.29, 1.82) is 0 Å². The summed E-state index contributed by atoms with van der Waals surface area (Å²) in [5.74, 6) is -0.159. The van der Waals surface area contributed by atoms with E-state index in [0.29, 0.717) is 19.3 Å². The van der Waals surface area contributed by atoms with Crippen LogP contribution in [0.15, 0.2) is 24.3 Å². The number of ether oxygens (including phenoxy) is 3. The third-order valence-corrected chi connectivity index (χ3v) is 10.3. The molecule has 0 N–H and O–H groups in total. The number of carbonyl (C=O) groups is 3. The van der Waals surface area contributed by atoms with Crippen LogP contribution in [0.5, 0.6) is 0 Å². The van der Waals surface area contributed by atoms with Gasteiger partial charge in [-0.3, -0.25) is 14.4 Å². The summed E-state index contributed by atoms with van der Waals surface area (Å²) in [5, 5.41) is 0. The van der Waals surface area contributed by atoms with Crippen LogP contribution >= 0.6 is 0 Å². The summed E-state index contributed by atoms with van der Waals surface area (Å²) in [6, 6.07) is 0. The fourth-order valence-corrected chi connectivity index (χ4v) is 7.11. The highest BCUT2D eigenvalue weighted by Gasteiger charge is 2.17. The van der Waals surface area contributed by atoms with E-state index in [1.807, 2.05) is 41.5 Å². The van der Waals surface area contributed by atoms with Crippen molar-refractivity contribution in [3.63, 3.8) is 0 Å². The maximum absolute atomic E-state index is 12.6. The van der Waals surface area contributed by atoms with Crippen LogP contribution in [0.25, 0.3) is 0 Å². The summed E-state index contributed by atoms with van der Waals surface area (Å²) in [6.45, 7) is 12.4. The molecule has 0 aliphatic heterocycles. The highest BCUT2D eigenvalue weighted by Crippen LogP contribution is 2.19. The number of carbonyl (C=O) groups excluding carboxylic acids is 3. The minimum absolute atomic E-state index is 0.0152. The third-order valence-electron chi connectivity index (χ3n) is 10.3. The molecule has 0 saturated heterocycles. The summed E-state index contributed by atoms with van der Waals surface area (Å²) in [6.07, 6.45) is 45.1. The van der Waals surface area contributed by atoms with Gasteiger partial charge in [0.25, 0.3) is 0 Å². The van der Waals surface area contributed by atoms with Crippen LogP contribution < -0.4 is 0 Å². The number of nitrogens with zero attached hydrogens (tertiary/aromatic N) is 1. The third kappa shape index (κ3) is 44.9. The van der Waals surface area contributed by atoms with E-state index in [-0.39, 0.29) is 35.2 Å². The molecule has 0 atom stereocenters. The van der Waals surface area contributed by atoms with E-state index >= 15 is 0 Å². The second kappa shape index (κ2) is 37.8. The predicted molar refractivity (Wildman–Crippen MR) is 246 cm³/mol. The molecule has 0 aromatic carbocycles. The SMILES string of the molecule is CN(C)CCCC(=O)OC(CCCCCCCCC=CCCCCCCCC(=O)OC(C)(C)C)CCCCCCCCC=CCCCCCCCC(=O)OC(C)(C)C. The van der Waals surface area contributed by atoms with Crippen LogP contribution in [0.3, 0.4) is 0 Å². The second-order valence-corrected chi connectivity index (χ2v) is 19.1. The normalized spacial score (nSPS) is 12.8. The second-order valence-electron chi connectivity index (χ2n) is 19.1. The topological polar surface area (TPSA) is 82.1 Å². The molecule has 340 valence electrons. The Morgan fingerprint density at radius 3 is 1.03 bits per heavy atom. The van der Waals surface area contributed by atoms with Gasteiger partial charge in [-0.1, -0.05) is 114 Å². The van der Waals surface area contributed by atoms with Gasteiger partial charge in [0.2, 0.25) is 0 Å². The Hall–Kier alpha value is -2.15. The Kier molecular flexibility index (Phi) is 36.4. The summed E-state index contributed by atoms with van der Waals surface area (Å²) >= 11 is 0. The first-order chi connectivity index (χ1) is 27.7. The Bertz CT molecular complexity index is 969. The van der Waals surface area contributed by atoms with E-state index in [4.69, 9.17) is 14.2 Å². The minimum Gasteiger partial charge on any atom is -0.462 e. The van der Waals surface area contributed by atoms with Crippen molar-refractivity contribution >= 4 is 17.9 Å². The van der Waals surface area contributed by atoms with E-state index in [0.717, 1.165) is 77.2 Å². The molecule has 0 aromatic heterocycles. The van der Waals surface area contributed by atoms with Crippen LogP contribution in [-0.2, 0) is 28.6 Å². The summed E-state index contributed by atoms with van der Waals surface area (Å²) in [7, 11) is 4.10. The maximum Gasteiger partial charge on any atom is 0.306 e. The average molecular weight is 818 g/mol. The first-order valence-corrected chi connectivity index (χ1v) is 24.3. The van der Waals surface area contributed by atoms with Crippen LogP contribution in [0, 0.1) is 0 Å². The zero-order chi connectivity index (χ0) is 43.2. The van der Waals surface area contributed by atoms with Gasteiger partial charge < -0.3 is 19.1 Å². The number of unbranched alkanes of at least 4 members (excludes halogenated alkanes) is 22. The van der Waals surface area contributed by atoms with Gasteiger partial charge in [-0.15, -0.1) is 0 Å². The lowest BCUT2D eigenvalue weighted by atomic mass is 10.0. The number of hydrogen-bond acceptors (Lipinski definition) is 7. The highest BCUT2D eigenvalue weighted by atomic mass is 16.6. The van der Waals surface area contributed by atoms with Crippen molar-refractivity contribution in [2.45, 2.75) is 264 Å². The van der Waals surface area contributed by atoms with Crippen molar-refractivity contribution in [3.05, 3.63) is 24.3 Å². The largest absolute Gasteiger partial charge is 0.462 e. The summed E-state index contributed by atoms with van der Waals surface area (Å²) < 4.78 is 16.8. The molecule has 0 radical (unpaired) electrons. The predicted octanol–water partition coefficient (Wildman–Crippen LogP) is 14.7. The number of rotatable bonds is 39. The Morgan fingerprint density at radius 1 is 0.414 bits per heavy atom. The zero-order valence-corrected chi connectivity index (χ0v) is 39.6. The van der Waals surface area contributed by atoms with Crippen molar-refractivity contribution in [3.8, 4) is 0 Å². The molecule has 0 heterocycles. The van der Waals surface area contributed by atoms with E-state index < -0.39 is 0 Å². The van der Waals surface area contributed by atoms with Crippen molar-refractivity contribution in [1.82, 2.24) is 4.90 Å². The van der Waals surface area contributed by atoms with Crippen LogP contribution in [0.4, 0.5) is 0 Å². The van der Waals surface area contributed by atoms with Crippen molar-refractivity contribution in [2.24, 2.45) is 0 Å². The van der Waals surface area contributed by atoms with Crippen LogP contribution in [-0.4, -0.2) is 60.8 Å². The molecule has 0 spiro atoms. The maximum atomic E-state index is 12.6. The van der Waals surface area contributed by atoms with Gasteiger partial charge in [0.1, 0.15) is 17.3 Å². The van der Waals surface area contributed by atoms with Gasteiger partial charge >= 0.3 is 17.9 Å². The van der Waals surface area contributed by atoms with Gasteiger partial charge in [-0.05, 0) is 158 Å². The summed E-state index contributed by atoms with van der Waals surface area (Å²) in [5.41, 5.74) is -0.759. The minimum atomic E-state index is -0.380. The molecular formula is C51H95NO6. The standard InChI is InChI=1S/C51H95NO6/c1-50(2,3)57-48(54)42-37-33-29-25-21-17-13-9-11-15-19-23-27-31-35-40-46(56-47(53)44-39-45-52(7)8)41-36-32-28-24-20-16-12-10-14-18-22-26-30-34-38-43-49(55)58-51(4,5)6/h9-10,13-14,46H,11-12,15-45H2,1-8H3. The zero-order valence-electron chi connectivity index (χ0n) is 39.6.